The number of hydrogen-bond acceptors (Lipinski definition) is 3. The highest BCUT2D eigenvalue weighted by atomic mass is 35.5. The van der Waals surface area contributed by atoms with Crippen molar-refractivity contribution in [3.63, 3.8) is 0 Å². The van der Waals surface area contributed by atoms with E-state index in [-0.39, 0.29) is 28.3 Å². The quantitative estimate of drug-likeness (QED) is 0.618. The van der Waals surface area contributed by atoms with Crippen LogP contribution in [0.3, 0.4) is 0 Å². The minimum absolute atomic E-state index is 0.0896. The Morgan fingerprint density at radius 2 is 1.62 bits per heavy atom. The molecule has 3 rings (SSSR count). The number of nitrogens with zero attached hydrogens (tertiary/aromatic N) is 1. The van der Waals surface area contributed by atoms with E-state index in [1.807, 2.05) is 0 Å². The Morgan fingerprint density at radius 1 is 0.931 bits per heavy atom. The minimum Gasteiger partial charge on any atom is -0.310 e. The van der Waals surface area contributed by atoms with Gasteiger partial charge in [0.1, 0.15) is 5.82 Å². The summed E-state index contributed by atoms with van der Waals surface area (Å²) in [6.07, 6.45) is 1.36. The number of rotatable bonds is 4. The molecule has 0 saturated heterocycles. The third kappa shape index (κ3) is 5.01. The van der Waals surface area contributed by atoms with Crippen LogP contribution in [-0.2, 0) is 6.54 Å². The lowest BCUT2D eigenvalue weighted by Crippen LogP contribution is -2.42. The predicted molar refractivity (Wildman–Crippen MR) is 108 cm³/mol. The van der Waals surface area contributed by atoms with Crippen molar-refractivity contribution in [2.45, 2.75) is 6.54 Å². The van der Waals surface area contributed by atoms with Crippen molar-refractivity contribution in [1.29, 1.82) is 0 Å². The maximum atomic E-state index is 13.8. The van der Waals surface area contributed by atoms with Crippen LogP contribution >= 0.6 is 23.2 Å². The standard InChI is InChI=1S/C20H14Cl2FN3O3/c21-14-7-4-12(5-8-14)10-26-11-13(6-9-17(26)27)19(28)24-25-20(29)18-15(22)2-1-3-16(18)23/h1-9,11H,10H2,(H,24,28)(H,25,29). The Balaban J connectivity index is 1.72. The van der Waals surface area contributed by atoms with Crippen LogP contribution in [-0.4, -0.2) is 16.4 Å². The van der Waals surface area contributed by atoms with Gasteiger partial charge in [-0.1, -0.05) is 41.4 Å². The molecule has 0 fully saturated rings. The molecule has 29 heavy (non-hydrogen) atoms. The fourth-order valence-corrected chi connectivity index (χ4v) is 2.91. The van der Waals surface area contributed by atoms with Crippen molar-refractivity contribution < 1.29 is 14.0 Å². The smallest absolute Gasteiger partial charge is 0.274 e. The highest BCUT2D eigenvalue weighted by Crippen LogP contribution is 2.18. The van der Waals surface area contributed by atoms with Crippen LogP contribution in [0.15, 0.2) is 65.6 Å². The molecule has 0 radical (unpaired) electrons. The summed E-state index contributed by atoms with van der Waals surface area (Å²) < 4.78 is 15.1. The van der Waals surface area contributed by atoms with Gasteiger partial charge in [-0.3, -0.25) is 25.2 Å². The van der Waals surface area contributed by atoms with Crippen LogP contribution in [0, 0.1) is 5.82 Å². The summed E-state index contributed by atoms with van der Waals surface area (Å²) in [7, 11) is 0. The first-order valence-electron chi connectivity index (χ1n) is 8.35. The zero-order valence-corrected chi connectivity index (χ0v) is 16.3. The zero-order chi connectivity index (χ0) is 21.0. The van der Waals surface area contributed by atoms with E-state index < -0.39 is 17.6 Å². The second kappa shape index (κ2) is 8.89. The first kappa shape index (κ1) is 20.6. The fourth-order valence-electron chi connectivity index (χ4n) is 2.54. The van der Waals surface area contributed by atoms with Gasteiger partial charge in [0.05, 0.1) is 22.7 Å². The van der Waals surface area contributed by atoms with Gasteiger partial charge in [0.15, 0.2) is 0 Å². The molecule has 0 unspecified atom stereocenters. The third-order valence-corrected chi connectivity index (χ3v) is 4.56. The lowest BCUT2D eigenvalue weighted by atomic mass is 10.2. The molecule has 0 aliphatic carbocycles. The molecule has 9 heteroatoms. The number of hydrazine groups is 1. The molecule has 0 bridgehead atoms. The van der Waals surface area contributed by atoms with Crippen molar-refractivity contribution in [3.8, 4) is 0 Å². The number of pyridine rings is 1. The predicted octanol–water partition coefficient (Wildman–Crippen LogP) is 3.42. The number of carbonyl (C=O) groups excluding carboxylic acids is 2. The van der Waals surface area contributed by atoms with Gasteiger partial charge in [-0.15, -0.1) is 0 Å². The highest BCUT2D eigenvalue weighted by molar-refractivity contribution is 6.33. The molecule has 148 valence electrons. The molecule has 0 spiro atoms. The van der Waals surface area contributed by atoms with Gasteiger partial charge < -0.3 is 4.57 Å². The van der Waals surface area contributed by atoms with Crippen molar-refractivity contribution >= 4 is 35.0 Å². The van der Waals surface area contributed by atoms with Crippen molar-refractivity contribution in [2.24, 2.45) is 0 Å². The first-order valence-corrected chi connectivity index (χ1v) is 9.10. The molecule has 0 aliphatic heterocycles. The summed E-state index contributed by atoms with van der Waals surface area (Å²) >= 11 is 11.7. The summed E-state index contributed by atoms with van der Waals surface area (Å²) in [5.41, 5.74) is 4.52. The number of amides is 2. The molecule has 0 aliphatic rings. The van der Waals surface area contributed by atoms with E-state index in [0.717, 1.165) is 11.6 Å². The van der Waals surface area contributed by atoms with Crippen molar-refractivity contribution in [1.82, 2.24) is 15.4 Å². The summed E-state index contributed by atoms with van der Waals surface area (Å²) in [5, 5.41) is 0.480. The minimum atomic E-state index is -0.907. The van der Waals surface area contributed by atoms with Crippen molar-refractivity contribution in [2.75, 3.05) is 0 Å². The van der Waals surface area contributed by atoms with Gasteiger partial charge in [-0.2, -0.15) is 0 Å². The maximum absolute atomic E-state index is 13.8. The Labute approximate surface area is 174 Å². The van der Waals surface area contributed by atoms with Crippen LogP contribution in [0.25, 0.3) is 0 Å². The fraction of sp³-hybridized carbons (Fsp3) is 0.0500. The van der Waals surface area contributed by atoms with E-state index in [0.29, 0.717) is 5.02 Å². The maximum Gasteiger partial charge on any atom is 0.274 e. The summed E-state index contributed by atoms with van der Waals surface area (Å²) in [4.78, 5) is 36.5. The van der Waals surface area contributed by atoms with Crippen molar-refractivity contribution in [3.05, 3.63) is 104 Å². The molecule has 6 nitrogen and oxygen atoms in total. The van der Waals surface area contributed by atoms with Crippen LogP contribution in [0.1, 0.15) is 26.3 Å². The summed E-state index contributed by atoms with van der Waals surface area (Å²) in [6, 6.07) is 13.3. The van der Waals surface area contributed by atoms with Gasteiger partial charge in [0.2, 0.25) is 0 Å². The lowest BCUT2D eigenvalue weighted by Gasteiger charge is -2.11. The molecule has 2 N–H and O–H groups in total. The molecule has 3 aromatic rings. The molecular formula is C20H14Cl2FN3O3. The second-order valence-electron chi connectivity index (χ2n) is 6.02. The second-order valence-corrected chi connectivity index (χ2v) is 6.86. The monoisotopic (exact) mass is 433 g/mol. The number of halogens is 3. The summed E-state index contributed by atoms with van der Waals surface area (Å²) in [6.45, 7) is 0.230. The number of hydrogen-bond donors (Lipinski definition) is 2. The molecule has 1 heterocycles. The lowest BCUT2D eigenvalue weighted by molar-refractivity contribution is 0.0844. The van der Waals surface area contributed by atoms with E-state index in [9.17, 15) is 18.8 Å². The largest absolute Gasteiger partial charge is 0.310 e. The molecule has 0 atom stereocenters. The van der Waals surface area contributed by atoms with E-state index >= 15 is 0 Å². The van der Waals surface area contributed by atoms with Gasteiger partial charge >= 0.3 is 0 Å². The number of nitrogens with one attached hydrogen (secondary N) is 2. The van der Waals surface area contributed by atoms with E-state index in [1.165, 1.54) is 35.0 Å². The van der Waals surface area contributed by atoms with Gasteiger partial charge in [-0.25, -0.2) is 4.39 Å². The van der Waals surface area contributed by atoms with E-state index in [1.54, 1.807) is 24.3 Å². The molecule has 2 amide bonds. The summed E-state index contributed by atoms with van der Waals surface area (Å²) in [5.74, 6) is -2.41. The van der Waals surface area contributed by atoms with Crippen LogP contribution in [0.5, 0.6) is 0 Å². The SMILES string of the molecule is O=C(NNC(=O)c1c(F)cccc1Cl)c1ccc(=O)n(Cc2ccc(Cl)cc2)c1. The Hall–Kier alpha value is -3.16. The van der Waals surface area contributed by atoms with Gasteiger partial charge in [0, 0.05) is 17.3 Å². The number of benzene rings is 2. The van der Waals surface area contributed by atoms with Crippen LogP contribution in [0.4, 0.5) is 4.39 Å². The highest BCUT2D eigenvalue weighted by Gasteiger charge is 2.17. The molecule has 2 aromatic carbocycles. The van der Waals surface area contributed by atoms with Crippen LogP contribution in [0.2, 0.25) is 10.0 Å². The Bertz CT molecular complexity index is 1110. The Morgan fingerprint density at radius 3 is 2.31 bits per heavy atom. The zero-order valence-electron chi connectivity index (χ0n) is 14.8. The topological polar surface area (TPSA) is 80.2 Å². The van der Waals surface area contributed by atoms with Gasteiger partial charge in [-0.05, 0) is 35.9 Å². The average molecular weight is 434 g/mol. The number of carbonyl (C=O) groups is 2. The van der Waals surface area contributed by atoms with Gasteiger partial charge in [0.25, 0.3) is 17.4 Å². The first-order chi connectivity index (χ1) is 13.8. The average Bonchev–Trinajstić information content (AvgIpc) is 2.69. The van der Waals surface area contributed by atoms with E-state index in [2.05, 4.69) is 10.9 Å². The van der Waals surface area contributed by atoms with E-state index in [4.69, 9.17) is 23.2 Å². The number of aromatic nitrogens is 1. The third-order valence-electron chi connectivity index (χ3n) is 3.99. The van der Waals surface area contributed by atoms with Crippen LogP contribution < -0.4 is 16.4 Å². The molecular weight excluding hydrogens is 420 g/mol. The Kier molecular flexibility index (Phi) is 6.31. The normalized spacial score (nSPS) is 10.4. The molecule has 1 aromatic heterocycles. The molecule has 0 saturated carbocycles.